The summed E-state index contributed by atoms with van der Waals surface area (Å²) < 4.78 is 10.3. The summed E-state index contributed by atoms with van der Waals surface area (Å²) in [6.07, 6.45) is 0.0247. The number of aromatic nitrogens is 1. The number of rotatable bonds is 8. The van der Waals surface area contributed by atoms with E-state index in [1.807, 2.05) is 0 Å². The molecule has 0 saturated heterocycles. The summed E-state index contributed by atoms with van der Waals surface area (Å²) in [5.41, 5.74) is 6.94. The van der Waals surface area contributed by atoms with Gasteiger partial charge >= 0.3 is 0 Å². The van der Waals surface area contributed by atoms with Gasteiger partial charge in [0.05, 0.1) is 26.3 Å². The van der Waals surface area contributed by atoms with E-state index in [1.165, 1.54) is 37.7 Å². The van der Waals surface area contributed by atoms with Crippen LogP contribution in [-0.4, -0.2) is 36.9 Å². The fraction of sp³-hybridized carbons (Fsp3) is 0.143. The number of nitrogens with two attached hydrogens (primary N) is 1. The van der Waals surface area contributed by atoms with Gasteiger partial charge in [-0.15, -0.1) is 11.3 Å². The number of carbonyl (C=O) groups excluding carboxylic acids is 3. The summed E-state index contributed by atoms with van der Waals surface area (Å²) in [6, 6.07) is 11.1. The molecule has 0 bridgehead atoms. The van der Waals surface area contributed by atoms with E-state index < -0.39 is 5.91 Å². The molecule has 0 radical (unpaired) electrons. The number of amides is 3. The van der Waals surface area contributed by atoms with Gasteiger partial charge in [0.1, 0.15) is 11.5 Å². The van der Waals surface area contributed by atoms with Crippen LogP contribution in [0.4, 0.5) is 10.8 Å². The Hall–Kier alpha value is -3.92. The SMILES string of the molecule is COc1cc(OC)cc(C(=O)Nc2nc(CC(=O)Nc3ccc(C(N)=O)cc3)cs2)c1. The minimum absolute atomic E-state index is 0.0247. The molecule has 0 fully saturated rings. The molecule has 160 valence electrons. The number of primary amides is 1. The highest BCUT2D eigenvalue weighted by Gasteiger charge is 2.14. The zero-order valence-corrected chi connectivity index (χ0v) is 17.6. The molecule has 10 heteroatoms. The van der Waals surface area contributed by atoms with Crippen molar-refractivity contribution in [1.29, 1.82) is 0 Å². The summed E-state index contributed by atoms with van der Waals surface area (Å²) in [5.74, 6) is -0.221. The van der Waals surface area contributed by atoms with Gasteiger partial charge in [-0.25, -0.2) is 4.98 Å². The lowest BCUT2D eigenvalue weighted by Gasteiger charge is -2.08. The van der Waals surface area contributed by atoms with Gasteiger partial charge in [0.15, 0.2) is 5.13 Å². The molecule has 1 aromatic heterocycles. The summed E-state index contributed by atoms with van der Waals surface area (Å²) in [4.78, 5) is 40.1. The van der Waals surface area contributed by atoms with Crippen molar-refractivity contribution < 1.29 is 23.9 Å². The van der Waals surface area contributed by atoms with Gasteiger partial charge in [0.25, 0.3) is 5.91 Å². The maximum Gasteiger partial charge on any atom is 0.257 e. The molecule has 0 aliphatic rings. The van der Waals surface area contributed by atoms with Crippen LogP contribution in [0, 0.1) is 0 Å². The summed E-state index contributed by atoms with van der Waals surface area (Å²) in [7, 11) is 3.00. The Bertz CT molecular complexity index is 1090. The van der Waals surface area contributed by atoms with Crippen molar-refractivity contribution >= 4 is 39.9 Å². The van der Waals surface area contributed by atoms with Crippen LogP contribution in [0.5, 0.6) is 11.5 Å². The maximum absolute atomic E-state index is 12.5. The lowest BCUT2D eigenvalue weighted by molar-refractivity contribution is -0.115. The Morgan fingerprint density at radius 3 is 2.19 bits per heavy atom. The van der Waals surface area contributed by atoms with Gasteiger partial charge in [-0.3, -0.25) is 19.7 Å². The highest BCUT2D eigenvalue weighted by molar-refractivity contribution is 7.14. The number of hydrogen-bond acceptors (Lipinski definition) is 7. The lowest BCUT2D eigenvalue weighted by Crippen LogP contribution is -2.16. The third-order valence-electron chi connectivity index (χ3n) is 4.18. The minimum Gasteiger partial charge on any atom is -0.497 e. The predicted octanol–water partition coefficient (Wildman–Crippen LogP) is 2.69. The number of anilines is 2. The molecule has 4 N–H and O–H groups in total. The van der Waals surface area contributed by atoms with E-state index >= 15 is 0 Å². The largest absolute Gasteiger partial charge is 0.497 e. The van der Waals surface area contributed by atoms with Crippen molar-refractivity contribution in [3.63, 3.8) is 0 Å². The van der Waals surface area contributed by atoms with Crippen LogP contribution in [0.15, 0.2) is 47.8 Å². The number of nitrogens with zero attached hydrogens (tertiary/aromatic N) is 1. The molecule has 3 amide bonds. The van der Waals surface area contributed by atoms with Crippen LogP contribution in [0.3, 0.4) is 0 Å². The van der Waals surface area contributed by atoms with Crippen molar-refractivity contribution in [1.82, 2.24) is 4.98 Å². The molecule has 0 saturated carbocycles. The molecular formula is C21H20N4O5S. The highest BCUT2D eigenvalue weighted by Crippen LogP contribution is 2.24. The molecule has 0 atom stereocenters. The highest BCUT2D eigenvalue weighted by atomic mass is 32.1. The molecule has 3 rings (SSSR count). The Kier molecular flexibility index (Phi) is 6.83. The molecule has 9 nitrogen and oxygen atoms in total. The number of nitrogens with one attached hydrogen (secondary N) is 2. The van der Waals surface area contributed by atoms with E-state index in [0.717, 1.165) is 0 Å². The molecule has 1 heterocycles. The first-order valence-electron chi connectivity index (χ1n) is 9.06. The third kappa shape index (κ3) is 5.80. The first-order chi connectivity index (χ1) is 14.9. The van der Waals surface area contributed by atoms with Gasteiger partial charge in [0.2, 0.25) is 11.8 Å². The Morgan fingerprint density at radius 2 is 1.61 bits per heavy atom. The number of methoxy groups -OCH3 is 2. The topological polar surface area (TPSA) is 133 Å². The molecule has 0 aliphatic heterocycles. The van der Waals surface area contributed by atoms with Gasteiger partial charge in [-0.1, -0.05) is 0 Å². The first kappa shape index (κ1) is 21.8. The fourth-order valence-corrected chi connectivity index (χ4v) is 3.35. The summed E-state index contributed by atoms with van der Waals surface area (Å²) >= 11 is 1.21. The smallest absolute Gasteiger partial charge is 0.257 e. The van der Waals surface area contributed by atoms with Crippen molar-refractivity contribution in [3.05, 3.63) is 64.7 Å². The van der Waals surface area contributed by atoms with E-state index in [2.05, 4.69) is 15.6 Å². The Morgan fingerprint density at radius 1 is 0.968 bits per heavy atom. The van der Waals surface area contributed by atoms with E-state index in [-0.39, 0.29) is 18.2 Å². The molecular weight excluding hydrogens is 420 g/mol. The quantitative estimate of drug-likeness (QED) is 0.493. The predicted molar refractivity (Wildman–Crippen MR) is 117 cm³/mol. The van der Waals surface area contributed by atoms with Crippen molar-refractivity contribution in [3.8, 4) is 11.5 Å². The van der Waals surface area contributed by atoms with Crippen molar-refractivity contribution in [2.75, 3.05) is 24.9 Å². The van der Waals surface area contributed by atoms with E-state index in [4.69, 9.17) is 15.2 Å². The average molecular weight is 440 g/mol. The minimum atomic E-state index is -0.540. The number of thiazole rings is 1. The summed E-state index contributed by atoms with van der Waals surface area (Å²) in [6.45, 7) is 0. The van der Waals surface area contributed by atoms with Crippen molar-refractivity contribution in [2.45, 2.75) is 6.42 Å². The number of hydrogen-bond donors (Lipinski definition) is 3. The van der Waals surface area contributed by atoms with Crippen LogP contribution in [-0.2, 0) is 11.2 Å². The van der Waals surface area contributed by atoms with Gasteiger partial charge in [0, 0.05) is 28.3 Å². The van der Waals surface area contributed by atoms with Gasteiger partial charge < -0.3 is 20.5 Å². The van der Waals surface area contributed by atoms with Crippen LogP contribution in [0.25, 0.3) is 0 Å². The van der Waals surface area contributed by atoms with Crippen LogP contribution >= 0.6 is 11.3 Å². The van der Waals surface area contributed by atoms with Crippen LogP contribution in [0.2, 0.25) is 0 Å². The van der Waals surface area contributed by atoms with E-state index in [9.17, 15) is 14.4 Å². The second-order valence-corrected chi connectivity index (χ2v) is 7.22. The average Bonchev–Trinajstić information content (AvgIpc) is 3.19. The fourth-order valence-electron chi connectivity index (χ4n) is 2.64. The van der Waals surface area contributed by atoms with Gasteiger partial charge in [-0.2, -0.15) is 0 Å². The van der Waals surface area contributed by atoms with E-state index in [0.29, 0.717) is 39.1 Å². The number of carbonyl (C=O) groups is 3. The number of ether oxygens (including phenoxy) is 2. The van der Waals surface area contributed by atoms with Gasteiger partial charge in [-0.05, 0) is 36.4 Å². The number of benzene rings is 2. The molecule has 3 aromatic rings. The monoisotopic (exact) mass is 440 g/mol. The van der Waals surface area contributed by atoms with E-state index in [1.54, 1.807) is 35.7 Å². The Labute approximate surface area is 182 Å². The molecule has 2 aromatic carbocycles. The molecule has 0 unspecified atom stereocenters. The second-order valence-electron chi connectivity index (χ2n) is 6.37. The maximum atomic E-state index is 12.5. The zero-order valence-electron chi connectivity index (χ0n) is 16.8. The summed E-state index contributed by atoms with van der Waals surface area (Å²) in [5, 5.41) is 7.47. The van der Waals surface area contributed by atoms with Crippen molar-refractivity contribution in [2.24, 2.45) is 5.73 Å². The standard InChI is InChI=1S/C21H20N4O5S/c1-29-16-7-13(8-17(10-16)30-2)20(28)25-21-24-15(11-31-21)9-18(26)23-14-5-3-12(4-6-14)19(22)27/h3-8,10-11H,9H2,1-2H3,(H2,22,27)(H,23,26)(H,24,25,28). The van der Waals surface area contributed by atoms with Crippen LogP contribution < -0.4 is 25.8 Å². The normalized spacial score (nSPS) is 10.3. The second kappa shape index (κ2) is 9.72. The third-order valence-corrected chi connectivity index (χ3v) is 4.99. The lowest BCUT2D eigenvalue weighted by atomic mass is 10.2. The molecule has 31 heavy (non-hydrogen) atoms. The first-order valence-corrected chi connectivity index (χ1v) is 9.94. The van der Waals surface area contributed by atoms with Crippen LogP contribution in [0.1, 0.15) is 26.4 Å². The zero-order chi connectivity index (χ0) is 22.4. The Balaban J connectivity index is 1.60. The molecule has 0 aliphatic carbocycles. The molecule has 0 spiro atoms.